The number of halogens is 3. The largest absolute Gasteiger partial charge is 0.497 e. The lowest BCUT2D eigenvalue weighted by molar-refractivity contribution is -0.173. The van der Waals surface area contributed by atoms with E-state index in [2.05, 4.69) is 5.16 Å². The van der Waals surface area contributed by atoms with Gasteiger partial charge in [-0.15, -0.1) is 0 Å². The Labute approximate surface area is 111 Å². The molecule has 5 nitrogen and oxygen atoms in total. The molecule has 1 heterocycles. The normalized spacial score (nSPS) is 11.6. The number of fused-ring (bicyclic) bond motifs is 1. The average molecular weight is 288 g/mol. The Bertz CT molecular complexity index is 622. The second-order valence-corrected chi connectivity index (χ2v) is 4.00. The number of ether oxygens (including phenoxy) is 1. The van der Waals surface area contributed by atoms with Crippen molar-refractivity contribution in [2.24, 2.45) is 0 Å². The van der Waals surface area contributed by atoms with Gasteiger partial charge in [-0.05, 0) is 18.2 Å². The number of benzene rings is 1. The number of carbonyl (C=O) groups excluding carboxylic acids is 1. The Balaban J connectivity index is 2.05. The van der Waals surface area contributed by atoms with Crippen molar-refractivity contribution in [3.8, 4) is 5.75 Å². The van der Waals surface area contributed by atoms with Crippen LogP contribution < -0.4 is 10.1 Å². The molecule has 1 aromatic carbocycles. The van der Waals surface area contributed by atoms with Crippen LogP contribution in [0.4, 0.5) is 13.2 Å². The van der Waals surface area contributed by atoms with Crippen LogP contribution in [0.25, 0.3) is 11.0 Å². The van der Waals surface area contributed by atoms with Gasteiger partial charge >= 0.3 is 12.1 Å². The van der Waals surface area contributed by atoms with E-state index in [4.69, 9.17) is 9.26 Å². The van der Waals surface area contributed by atoms with Gasteiger partial charge in [0.1, 0.15) is 5.75 Å². The Morgan fingerprint density at radius 2 is 2.20 bits per heavy atom. The third-order valence-electron chi connectivity index (χ3n) is 2.66. The number of rotatable bonds is 4. The first-order chi connectivity index (χ1) is 9.41. The van der Waals surface area contributed by atoms with E-state index in [1.807, 2.05) is 0 Å². The third-order valence-corrected chi connectivity index (χ3v) is 2.66. The molecule has 1 N–H and O–H groups in total. The van der Waals surface area contributed by atoms with Crippen molar-refractivity contribution >= 4 is 16.9 Å². The van der Waals surface area contributed by atoms with E-state index in [0.717, 1.165) is 0 Å². The van der Waals surface area contributed by atoms with Crippen LogP contribution in [-0.4, -0.2) is 30.9 Å². The van der Waals surface area contributed by atoms with Crippen molar-refractivity contribution < 1.29 is 27.2 Å². The number of amides is 1. The summed E-state index contributed by atoms with van der Waals surface area (Å²) in [4.78, 5) is 10.7. The van der Waals surface area contributed by atoms with E-state index in [9.17, 15) is 18.0 Å². The predicted octanol–water partition coefficient (Wildman–Crippen LogP) is 2.06. The monoisotopic (exact) mass is 288 g/mol. The van der Waals surface area contributed by atoms with E-state index < -0.39 is 12.1 Å². The molecule has 0 radical (unpaired) electrons. The summed E-state index contributed by atoms with van der Waals surface area (Å²) in [6, 6.07) is 5.01. The average Bonchev–Trinajstić information content (AvgIpc) is 2.80. The van der Waals surface area contributed by atoms with Crippen molar-refractivity contribution in [3.63, 3.8) is 0 Å². The highest BCUT2D eigenvalue weighted by molar-refractivity contribution is 5.82. The molecule has 0 aliphatic rings. The molecule has 8 heteroatoms. The smallest absolute Gasteiger partial charge is 0.471 e. The zero-order valence-corrected chi connectivity index (χ0v) is 10.5. The molecule has 0 fully saturated rings. The van der Waals surface area contributed by atoms with E-state index >= 15 is 0 Å². The predicted molar refractivity (Wildman–Crippen MR) is 63.3 cm³/mol. The Morgan fingerprint density at radius 3 is 2.85 bits per heavy atom. The standard InChI is InChI=1S/C12H11F3N2O3/c1-19-7-2-3-10-8(6-7)9(17-20-10)4-5-16-11(18)12(13,14)15/h2-3,6H,4-5H2,1H3,(H,16,18). The minimum Gasteiger partial charge on any atom is -0.497 e. The Morgan fingerprint density at radius 1 is 1.45 bits per heavy atom. The molecule has 0 unspecified atom stereocenters. The quantitative estimate of drug-likeness (QED) is 0.935. The topological polar surface area (TPSA) is 64.4 Å². The van der Waals surface area contributed by atoms with Crippen molar-refractivity contribution in [1.82, 2.24) is 10.5 Å². The molecule has 0 bridgehead atoms. The molecule has 20 heavy (non-hydrogen) atoms. The molecule has 0 saturated carbocycles. The van der Waals surface area contributed by atoms with Gasteiger partial charge in [-0.25, -0.2) is 0 Å². The lowest BCUT2D eigenvalue weighted by Gasteiger charge is -2.06. The zero-order chi connectivity index (χ0) is 14.8. The summed E-state index contributed by atoms with van der Waals surface area (Å²) in [5.74, 6) is -1.39. The van der Waals surface area contributed by atoms with Crippen LogP contribution in [0.15, 0.2) is 22.7 Å². The van der Waals surface area contributed by atoms with Crippen molar-refractivity contribution in [2.45, 2.75) is 12.6 Å². The van der Waals surface area contributed by atoms with E-state index in [-0.39, 0.29) is 13.0 Å². The molecule has 1 aromatic heterocycles. The van der Waals surface area contributed by atoms with Crippen LogP contribution in [0, 0.1) is 0 Å². The van der Waals surface area contributed by atoms with Crippen molar-refractivity contribution in [3.05, 3.63) is 23.9 Å². The van der Waals surface area contributed by atoms with Gasteiger partial charge in [0.25, 0.3) is 0 Å². The van der Waals surface area contributed by atoms with Crippen LogP contribution in [0.1, 0.15) is 5.69 Å². The molecule has 0 aliphatic carbocycles. The van der Waals surface area contributed by atoms with E-state index in [1.54, 1.807) is 23.5 Å². The lowest BCUT2D eigenvalue weighted by atomic mass is 10.1. The van der Waals surface area contributed by atoms with Crippen LogP contribution in [0.2, 0.25) is 0 Å². The maximum atomic E-state index is 12.0. The maximum absolute atomic E-state index is 12.0. The maximum Gasteiger partial charge on any atom is 0.471 e. The number of carbonyl (C=O) groups is 1. The molecule has 0 saturated heterocycles. The van der Waals surface area contributed by atoms with Gasteiger partial charge < -0.3 is 14.6 Å². The molecular formula is C12H11F3N2O3. The molecule has 108 valence electrons. The number of methoxy groups -OCH3 is 1. The molecule has 0 aliphatic heterocycles. The molecule has 0 atom stereocenters. The second-order valence-electron chi connectivity index (χ2n) is 4.00. The van der Waals surface area contributed by atoms with Gasteiger partial charge in [0.15, 0.2) is 5.58 Å². The summed E-state index contributed by atoms with van der Waals surface area (Å²) in [5, 5.41) is 6.19. The first-order valence-corrected chi connectivity index (χ1v) is 5.69. The molecular weight excluding hydrogens is 277 g/mol. The fourth-order valence-corrected chi connectivity index (χ4v) is 1.67. The summed E-state index contributed by atoms with van der Waals surface area (Å²) in [6.07, 6.45) is -4.75. The summed E-state index contributed by atoms with van der Waals surface area (Å²) in [5.41, 5.74) is 0.962. The summed E-state index contributed by atoms with van der Waals surface area (Å²) in [7, 11) is 1.50. The molecule has 1 amide bonds. The number of aromatic nitrogens is 1. The highest BCUT2D eigenvalue weighted by Crippen LogP contribution is 2.24. The minimum atomic E-state index is -4.88. The first-order valence-electron chi connectivity index (χ1n) is 5.69. The van der Waals surface area contributed by atoms with Gasteiger partial charge in [0.05, 0.1) is 12.8 Å². The van der Waals surface area contributed by atoms with Crippen LogP contribution >= 0.6 is 0 Å². The summed E-state index contributed by atoms with van der Waals surface area (Å²) >= 11 is 0. The Hall–Kier alpha value is -2.25. The fraction of sp³-hybridized carbons (Fsp3) is 0.333. The number of nitrogens with one attached hydrogen (secondary N) is 1. The van der Waals surface area contributed by atoms with Gasteiger partial charge in [0.2, 0.25) is 0 Å². The second kappa shape index (κ2) is 5.40. The number of nitrogens with zero attached hydrogens (tertiary/aromatic N) is 1. The van der Waals surface area contributed by atoms with Gasteiger partial charge in [-0.1, -0.05) is 5.16 Å². The van der Waals surface area contributed by atoms with Crippen LogP contribution in [-0.2, 0) is 11.2 Å². The van der Waals surface area contributed by atoms with Gasteiger partial charge in [0, 0.05) is 18.4 Å². The molecule has 2 rings (SSSR count). The molecule has 0 spiro atoms. The third kappa shape index (κ3) is 3.01. The van der Waals surface area contributed by atoms with Crippen LogP contribution in [0.5, 0.6) is 5.75 Å². The molecule has 2 aromatic rings. The highest BCUT2D eigenvalue weighted by Gasteiger charge is 2.38. The minimum absolute atomic E-state index is 0.127. The zero-order valence-electron chi connectivity index (χ0n) is 10.5. The number of hydrogen-bond donors (Lipinski definition) is 1. The Kier molecular flexibility index (Phi) is 3.82. The SMILES string of the molecule is COc1ccc2onc(CCNC(=O)C(F)(F)F)c2c1. The number of hydrogen-bond acceptors (Lipinski definition) is 4. The van der Waals surface area contributed by atoms with Gasteiger partial charge in [-0.2, -0.15) is 13.2 Å². The van der Waals surface area contributed by atoms with Gasteiger partial charge in [-0.3, -0.25) is 4.79 Å². The van der Waals surface area contributed by atoms with E-state index in [1.165, 1.54) is 7.11 Å². The van der Waals surface area contributed by atoms with E-state index in [0.29, 0.717) is 22.4 Å². The van der Waals surface area contributed by atoms with Crippen molar-refractivity contribution in [1.29, 1.82) is 0 Å². The van der Waals surface area contributed by atoms with Crippen molar-refractivity contribution in [2.75, 3.05) is 13.7 Å². The lowest BCUT2D eigenvalue weighted by Crippen LogP contribution is -2.37. The fourth-order valence-electron chi connectivity index (χ4n) is 1.67. The van der Waals surface area contributed by atoms with Crippen LogP contribution in [0.3, 0.4) is 0 Å². The summed E-state index contributed by atoms with van der Waals surface area (Å²) < 4.78 is 46.1. The number of alkyl halides is 3. The highest BCUT2D eigenvalue weighted by atomic mass is 19.4. The summed E-state index contributed by atoms with van der Waals surface area (Å²) in [6.45, 7) is -0.183. The first kappa shape index (κ1) is 14.2.